The smallest absolute Gasteiger partial charge is 0.267 e. The fraction of sp³-hybridized carbons (Fsp3) is 0. The molecule has 0 aliphatic heterocycles. The number of aromatic nitrogens is 2. The lowest BCUT2D eigenvalue weighted by Gasteiger charge is -2.05. The molecule has 2 aromatic heterocycles. The molecule has 1 N–H and O–H groups in total. The van der Waals surface area contributed by atoms with Crippen LogP contribution in [0.3, 0.4) is 0 Å². The Balaban J connectivity index is 2.10. The van der Waals surface area contributed by atoms with E-state index in [1.807, 2.05) is 48.5 Å². The van der Waals surface area contributed by atoms with Crippen LogP contribution in [0.2, 0.25) is 0 Å². The summed E-state index contributed by atoms with van der Waals surface area (Å²) >= 11 is 1.55. The summed E-state index contributed by atoms with van der Waals surface area (Å²) in [5, 5.41) is 9.79. The van der Waals surface area contributed by atoms with Crippen LogP contribution in [-0.4, -0.2) is 10.2 Å². The standard InChI is InChI=1S/C18H12N2OS/c21-17-15(13-9-5-2-6-10-13)16-14(11-22-18(16)20-19-17)12-7-3-1-4-8-12/h1-11H,(H,19,21). The van der Waals surface area contributed by atoms with E-state index in [-0.39, 0.29) is 5.56 Å². The van der Waals surface area contributed by atoms with Crippen LogP contribution in [0.5, 0.6) is 0 Å². The maximum Gasteiger partial charge on any atom is 0.272 e. The van der Waals surface area contributed by atoms with Crippen LogP contribution in [0.1, 0.15) is 0 Å². The summed E-state index contributed by atoms with van der Waals surface area (Å²) in [5.41, 5.74) is 3.59. The van der Waals surface area contributed by atoms with Crippen molar-refractivity contribution >= 4 is 21.6 Å². The van der Waals surface area contributed by atoms with Gasteiger partial charge in [-0.15, -0.1) is 11.3 Å². The first-order valence-electron chi connectivity index (χ1n) is 6.95. The molecule has 4 rings (SSSR count). The number of rotatable bonds is 2. The van der Waals surface area contributed by atoms with E-state index in [0.29, 0.717) is 5.56 Å². The van der Waals surface area contributed by atoms with Crippen molar-refractivity contribution in [2.45, 2.75) is 0 Å². The lowest BCUT2D eigenvalue weighted by Crippen LogP contribution is -2.10. The van der Waals surface area contributed by atoms with Crippen LogP contribution in [-0.2, 0) is 0 Å². The molecule has 3 nitrogen and oxygen atoms in total. The van der Waals surface area contributed by atoms with Crippen molar-refractivity contribution in [2.24, 2.45) is 0 Å². The summed E-state index contributed by atoms with van der Waals surface area (Å²) in [7, 11) is 0. The second kappa shape index (κ2) is 5.24. The third kappa shape index (κ3) is 2.05. The van der Waals surface area contributed by atoms with E-state index in [1.54, 1.807) is 11.3 Å². The van der Waals surface area contributed by atoms with Crippen molar-refractivity contribution in [1.82, 2.24) is 10.2 Å². The Morgan fingerprint density at radius 2 is 1.50 bits per heavy atom. The van der Waals surface area contributed by atoms with E-state index in [0.717, 1.165) is 26.9 Å². The molecule has 0 spiro atoms. The van der Waals surface area contributed by atoms with Gasteiger partial charge in [0.1, 0.15) is 4.83 Å². The van der Waals surface area contributed by atoms with Gasteiger partial charge < -0.3 is 0 Å². The summed E-state index contributed by atoms with van der Waals surface area (Å²) in [4.78, 5) is 13.2. The van der Waals surface area contributed by atoms with Crippen LogP contribution in [0.4, 0.5) is 0 Å². The topological polar surface area (TPSA) is 45.8 Å². The van der Waals surface area contributed by atoms with Gasteiger partial charge in [0.05, 0.1) is 5.56 Å². The number of aromatic amines is 1. The Morgan fingerprint density at radius 1 is 0.864 bits per heavy atom. The van der Waals surface area contributed by atoms with Crippen molar-refractivity contribution in [3.8, 4) is 22.3 Å². The molecule has 0 radical (unpaired) electrons. The zero-order valence-corrected chi connectivity index (χ0v) is 12.4. The molecule has 2 aromatic carbocycles. The normalized spacial score (nSPS) is 10.9. The molecule has 0 aliphatic rings. The molecule has 0 atom stereocenters. The van der Waals surface area contributed by atoms with Crippen LogP contribution in [0.25, 0.3) is 32.5 Å². The number of fused-ring (bicyclic) bond motifs is 1. The van der Waals surface area contributed by atoms with Gasteiger partial charge in [-0.05, 0) is 11.1 Å². The van der Waals surface area contributed by atoms with Crippen molar-refractivity contribution in [2.75, 3.05) is 0 Å². The summed E-state index contributed by atoms with van der Waals surface area (Å²) < 4.78 is 0. The molecule has 0 amide bonds. The number of nitrogens with zero attached hydrogens (tertiary/aromatic N) is 1. The Hall–Kier alpha value is -2.72. The Bertz CT molecular complexity index is 988. The van der Waals surface area contributed by atoms with Gasteiger partial charge in [0.2, 0.25) is 0 Å². The lowest BCUT2D eigenvalue weighted by molar-refractivity contribution is 1.04. The SMILES string of the molecule is O=c1[nH]nc2scc(-c3ccccc3)c2c1-c1ccccc1. The first-order chi connectivity index (χ1) is 10.8. The van der Waals surface area contributed by atoms with Gasteiger partial charge in [0, 0.05) is 16.3 Å². The average molecular weight is 304 g/mol. The maximum absolute atomic E-state index is 12.4. The molecule has 0 aliphatic carbocycles. The molecule has 4 heteroatoms. The van der Waals surface area contributed by atoms with Crippen LogP contribution >= 0.6 is 11.3 Å². The number of nitrogens with one attached hydrogen (secondary N) is 1. The second-order valence-corrected chi connectivity index (χ2v) is 5.85. The minimum absolute atomic E-state index is 0.158. The fourth-order valence-electron chi connectivity index (χ4n) is 2.65. The molecule has 4 aromatic rings. The molecular formula is C18H12N2OS. The first kappa shape index (κ1) is 13.0. The summed E-state index contributed by atoms with van der Waals surface area (Å²) in [6, 6.07) is 19.8. The molecule has 0 saturated heterocycles. The van der Waals surface area contributed by atoms with Gasteiger partial charge in [-0.3, -0.25) is 4.79 Å². The molecule has 0 fully saturated rings. The average Bonchev–Trinajstić information content (AvgIpc) is 3.00. The van der Waals surface area contributed by atoms with E-state index in [4.69, 9.17) is 0 Å². The number of hydrogen-bond donors (Lipinski definition) is 1. The Morgan fingerprint density at radius 3 is 2.18 bits per heavy atom. The minimum atomic E-state index is -0.158. The third-order valence-corrected chi connectivity index (χ3v) is 4.53. The van der Waals surface area contributed by atoms with Crippen molar-refractivity contribution in [1.29, 1.82) is 0 Å². The number of benzene rings is 2. The van der Waals surface area contributed by atoms with Gasteiger partial charge in [0.25, 0.3) is 5.56 Å². The largest absolute Gasteiger partial charge is 0.272 e. The maximum atomic E-state index is 12.4. The molecular weight excluding hydrogens is 292 g/mol. The zero-order chi connectivity index (χ0) is 14.9. The number of thiophene rings is 1. The monoisotopic (exact) mass is 304 g/mol. The predicted octanol–water partition coefficient (Wildman–Crippen LogP) is 4.32. The van der Waals surface area contributed by atoms with E-state index >= 15 is 0 Å². The number of hydrogen-bond acceptors (Lipinski definition) is 3. The van der Waals surface area contributed by atoms with Crippen molar-refractivity contribution < 1.29 is 0 Å². The van der Waals surface area contributed by atoms with Crippen LogP contribution in [0.15, 0.2) is 70.8 Å². The predicted molar refractivity (Wildman–Crippen MR) is 91.1 cm³/mol. The molecule has 106 valence electrons. The molecule has 2 heterocycles. The van der Waals surface area contributed by atoms with Gasteiger partial charge >= 0.3 is 0 Å². The van der Waals surface area contributed by atoms with E-state index < -0.39 is 0 Å². The van der Waals surface area contributed by atoms with Crippen LogP contribution < -0.4 is 5.56 Å². The Kier molecular flexibility index (Phi) is 3.09. The van der Waals surface area contributed by atoms with Crippen LogP contribution in [0, 0.1) is 0 Å². The minimum Gasteiger partial charge on any atom is -0.267 e. The quantitative estimate of drug-likeness (QED) is 0.599. The highest BCUT2D eigenvalue weighted by Gasteiger charge is 2.16. The van der Waals surface area contributed by atoms with Gasteiger partial charge in [-0.25, -0.2) is 5.10 Å². The molecule has 0 bridgehead atoms. The van der Waals surface area contributed by atoms with Crippen molar-refractivity contribution in [3.05, 3.63) is 76.4 Å². The molecule has 0 unspecified atom stereocenters. The van der Waals surface area contributed by atoms with Gasteiger partial charge in [-0.1, -0.05) is 60.7 Å². The number of H-pyrrole nitrogens is 1. The van der Waals surface area contributed by atoms with E-state index in [1.165, 1.54) is 0 Å². The first-order valence-corrected chi connectivity index (χ1v) is 7.83. The van der Waals surface area contributed by atoms with E-state index in [2.05, 4.69) is 27.7 Å². The summed E-state index contributed by atoms with van der Waals surface area (Å²) in [6.07, 6.45) is 0. The highest BCUT2D eigenvalue weighted by Crippen LogP contribution is 2.37. The highest BCUT2D eigenvalue weighted by atomic mass is 32.1. The molecule has 0 saturated carbocycles. The van der Waals surface area contributed by atoms with Gasteiger partial charge in [-0.2, -0.15) is 5.10 Å². The summed E-state index contributed by atoms with van der Waals surface area (Å²) in [6.45, 7) is 0. The van der Waals surface area contributed by atoms with Crippen molar-refractivity contribution in [3.63, 3.8) is 0 Å². The third-order valence-electron chi connectivity index (χ3n) is 3.65. The van der Waals surface area contributed by atoms with Gasteiger partial charge in [0.15, 0.2) is 0 Å². The lowest BCUT2D eigenvalue weighted by atomic mass is 9.99. The Labute approximate surface area is 130 Å². The fourth-order valence-corrected chi connectivity index (χ4v) is 3.56. The molecule has 22 heavy (non-hydrogen) atoms. The summed E-state index contributed by atoms with van der Waals surface area (Å²) in [5.74, 6) is 0. The zero-order valence-electron chi connectivity index (χ0n) is 11.6. The van der Waals surface area contributed by atoms with E-state index in [9.17, 15) is 4.79 Å². The second-order valence-electron chi connectivity index (χ2n) is 4.99. The highest BCUT2D eigenvalue weighted by molar-refractivity contribution is 7.17.